The largest absolute Gasteiger partial charge is 0.493 e. The van der Waals surface area contributed by atoms with Crippen molar-refractivity contribution in [2.75, 3.05) is 6.61 Å². The summed E-state index contributed by atoms with van der Waals surface area (Å²) >= 11 is 6.21. The minimum atomic E-state index is -0.309. The summed E-state index contributed by atoms with van der Waals surface area (Å²) in [7, 11) is 0. The van der Waals surface area contributed by atoms with Gasteiger partial charge in [0.2, 0.25) is 0 Å². The number of benzene rings is 1. The van der Waals surface area contributed by atoms with Gasteiger partial charge in [-0.15, -0.1) is 0 Å². The lowest BCUT2D eigenvalue weighted by Gasteiger charge is -2.16. The Morgan fingerprint density at radius 3 is 3.00 bits per heavy atom. The molecule has 3 nitrogen and oxygen atoms in total. The van der Waals surface area contributed by atoms with Crippen molar-refractivity contribution in [3.63, 3.8) is 0 Å². The lowest BCUT2D eigenvalue weighted by atomic mass is 9.93. The number of nitrogens with zero attached hydrogens (tertiary/aromatic N) is 1. The SMILES string of the molecule is OC1CCCc2cn(Cc3cc(Cl)cc4c3OCC4)cc21. The van der Waals surface area contributed by atoms with E-state index in [-0.39, 0.29) is 6.10 Å². The molecule has 0 radical (unpaired) electrons. The molecule has 4 heteroatoms. The van der Waals surface area contributed by atoms with Crippen molar-refractivity contribution < 1.29 is 9.84 Å². The van der Waals surface area contributed by atoms with Crippen LogP contribution in [0.2, 0.25) is 5.02 Å². The van der Waals surface area contributed by atoms with E-state index in [4.69, 9.17) is 16.3 Å². The summed E-state index contributed by atoms with van der Waals surface area (Å²) in [4.78, 5) is 0. The lowest BCUT2D eigenvalue weighted by Crippen LogP contribution is -2.05. The van der Waals surface area contributed by atoms with Crippen LogP contribution in [0.25, 0.3) is 0 Å². The van der Waals surface area contributed by atoms with Crippen molar-refractivity contribution in [3.8, 4) is 5.75 Å². The lowest BCUT2D eigenvalue weighted by molar-refractivity contribution is 0.157. The molecule has 21 heavy (non-hydrogen) atoms. The Hall–Kier alpha value is -1.45. The summed E-state index contributed by atoms with van der Waals surface area (Å²) in [6, 6.07) is 3.99. The van der Waals surface area contributed by atoms with Crippen molar-refractivity contribution >= 4 is 11.6 Å². The van der Waals surface area contributed by atoms with E-state index in [1.54, 1.807) is 0 Å². The highest BCUT2D eigenvalue weighted by atomic mass is 35.5. The average molecular weight is 304 g/mol. The van der Waals surface area contributed by atoms with Gasteiger partial charge in [-0.1, -0.05) is 11.6 Å². The molecule has 1 aromatic carbocycles. The van der Waals surface area contributed by atoms with Crippen molar-refractivity contribution in [2.24, 2.45) is 0 Å². The van der Waals surface area contributed by atoms with Crippen LogP contribution in [0.4, 0.5) is 0 Å². The Labute approximate surface area is 129 Å². The first-order chi connectivity index (χ1) is 10.2. The number of hydrogen-bond acceptors (Lipinski definition) is 2. The van der Waals surface area contributed by atoms with Crippen molar-refractivity contribution in [1.82, 2.24) is 4.57 Å². The maximum atomic E-state index is 10.1. The van der Waals surface area contributed by atoms with Gasteiger partial charge in [0, 0.05) is 35.0 Å². The van der Waals surface area contributed by atoms with Crippen molar-refractivity contribution in [3.05, 3.63) is 51.8 Å². The third-order valence-electron chi connectivity index (χ3n) is 4.46. The van der Waals surface area contributed by atoms with Crippen molar-refractivity contribution in [1.29, 1.82) is 0 Å². The molecule has 2 aliphatic rings. The molecule has 0 fully saturated rings. The molecule has 1 atom stereocenters. The third-order valence-corrected chi connectivity index (χ3v) is 4.68. The summed E-state index contributed by atoms with van der Waals surface area (Å²) in [5.41, 5.74) is 4.68. The second-order valence-corrected chi connectivity index (χ2v) is 6.41. The first-order valence-electron chi connectivity index (χ1n) is 7.51. The second kappa shape index (κ2) is 5.08. The predicted molar refractivity (Wildman–Crippen MR) is 82.1 cm³/mol. The summed E-state index contributed by atoms with van der Waals surface area (Å²) in [5.74, 6) is 0.992. The van der Waals surface area contributed by atoms with Crippen LogP contribution in [0.3, 0.4) is 0 Å². The maximum absolute atomic E-state index is 10.1. The van der Waals surface area contributed by atoms with Crippen LogP contribution in [0.15, 0.2) is 24.5 Å². The molecule has 1 aliphatic carbocycles. The summed E-state index contributed by atoms with van der Waals surface area (Å²) in [6.45, 7) is 1.48. The summed E-state index contributed by atoms with van der Waals surface area (Å²) in [6.07, 6.45) is 7.84. The maximum Gasteiger partial charge on any atom is 0.127 e. The number of aryl methyl sites for hydroxylation is 1. The van der Waals surface area contributed by atoms with Gasteiger partial charge in [0.25, 0.3) is 0 Å². The average Bonchev–Trinajstić information content (AvgIpc) is 3.05. The molecule has 2 aromatic rings. The van der Waals surface area contributed by atoms with Crippen LogP contribution in [-0.2, 0) is 19.4 Å². The van der Waals surface area contributed by atoms with Crippen molar-refractivity contribution in [2.45, 2.75) is 38.3 Å². The number of aromatic nitrogens is 1. The molecule has 0 saturated carbocycles. The quantitative estimate of drug-likeness (QED) is 0.921. The zero-order chi connectivity index (χ0) is 14.4. The van der Waals surface area contributed by atoms with Gasteiger partial charge in [-0.3, -0.25) is 0 Å². The normalized spacial score (nSPS) is 20.0. The second-order valence-electron chi connectivity index (χ2n) is 5.97. The molecule has 0 bridgehead atoms. The van der Waals surface area contributed by atoms with Gasteiger partial charge in [0.15, 0.2) is 0 Å². The Kier molecular flexibility index (Phi) is 3.20. The van der Waals surface area contributed by atoms with E-state index >= 15 is 0 Å². The molecule has 110 valence electrons. The van der Waals surface area contributed by atoms with Gasteiger partial charge in [0.1, 0.15) is 5.75 Å². The number of aliphatic hydroxyl groups excluding tert-OH is 1. The number of rotatable bonds is 2. The minimum Gasteiger partial charge on any atom is -0.493 e. The third kappa shape index (κ3) is 2.34. The van der Waals surface area contributed by atoms with Gasteiger partial charge in [-0.2, -0.15) is 0 Å². The molecule has 1 aliphatic heterocycles. The van der Waals surface area contributed by atoms with Gasteiger partial charge >= 0.3 is 0 Å². The number of hydrogen-bond donors (Lipinski definition) is 1. The topological polar surface area (TPSA) is 34.4 Å². The van der Waals surface area contributed by atoms with E-state index in [0.717, 1.165) is 60.7 Å². The molecular formula is C17H18ClNO2. The predicted octanol–water partition coefficient (Wildman–Crippen LogP) is 3.49. The monoisotopic (exact) mass is 303 g/mol. The van der Waals surface area contributed by atoms with Gasteiger partial charge in [0.05, 0.1) is 19.3 Å². The number of aliphatic hydroxyl groups is 1. The molecule has 2 heterocycles. The molecule has 1 unspecified atom stereocenters. The Morgan fingerprint density at radius 1 is 1.24 bits per heavy atom. The van der Waals surface area contributed by atoms with E-state index < -0.39 is 0 Å². The Balaban J connectivity index is 1.68. The molecule has 0 amide bonds. The standard InChI is InChI=1S/C17H18ClNO2/c18-14-6-11-4-5-21-17(11)13(7-14)9-19-8-12-2-1-3-16(20)15(12)10-19/h6-8,10,16,20H,1-5,9H2. The van der Waals surface area contributed by atoms with E-state index in [1.807, 2.05) is 12.1 Å². The first kappa shape index (κ1) is 13.2. The van der Waals surface area contributed by atoms with E-state index in [2.05, 4.69) is 17.0 Å². The van der Waals surface area contributed by atoms with E-state index in [9.17, 15) is 5.11 Å². The smallest absolute Gasteiger partial charge is 0.127 e. The zero-order valence-electron chi connectivity index (χ0n) is 11.8. The van der Waals surface area contributed by atoms with Crippen LogP contribution >= 0.6 is 11.6 Å². The highest BCUT2D eigenvalue weighted by Crippen LogP contribution is 2.35. The molecule has 1 aromatic heterocycles. The van der Waals surface area contributed by atoms with Crippen LogP contribution < -0.4 is 4.74 Å². The molecule has 0 saturated heterocycles. The summed E-state index contributed by atoms with van der Waals surface area (Å²) < 4.78 is 7.90. The van der Waals surface area contributed by atoms with Gasteiger partial charge in [-0.25, -0.2) is 0 Å². The number of halogens is 1. The van der Waals surface area contributed by atoms with Gasteiger partial charge in [-0.05, 0) is 42.5 Å². The number of ether oxygens (including phenoxy) is 1. The van der Waals surface area contributed by atoms with Gasteiger partial charge < -0.3 is 14.4 Å². The molecular weight excluding hydrogens is 286 g/mol. The summed E-state index contributed by atoms with van der Waals surface area (Å²) in [5, 5.41) is 10.9. The van der Waals surface area contributed by atoms with Crippen LogP contribution in [0, 0.1) is 0 Å². The fourth-order valence-electron chi connectivity index (χ4n) is 3.48. The first-order valence-corrected chi connectivity index (χ1v) is 7.89. The highest BCUT2D eigenvalue weighted by molar-refractivity contribution is 6.30. The van der Waals surface area contributed by atoms with E-state index in [1.165, 1.54) is 11.1 Å². The Bertz CT molecular complexity index is 692. The Morgan fingerprint density at radius 2 is 2.14 bits per heavy atom. The fraction of sp³-hybridized carbons (Fsp3) is 0.412. The molecule has 4 rings (SSSR count). The van der Waals surface area contributed by atoms with Crippen LogP contribution in [-0.4, -0.2) is 16.3 Å². The number of fused-ring (bicyclic) bond motifs is 2. The van der Waals surface area contributed by atoms with E-state index in [0.29, 0.717) is 0 Å². The van der Waals surface area contributed by atoms with Crippen LogP contribution in [0.5, 0.6) is 5.75 Å². The fourth-order valence-corrected chi connectivity index (χ4v) is 3.74. The van der Waals surface area contributed by atoms with Crippen LogP contribution in [0.1, 0.15) is 41.2 Å². The molecule has 0 spiro atoms. The minimum absolute atomic E-state index is 0.309. The zero-order valence-corrected chi connectivity index (χ0v) is 12.6. The molecule has 1 N–H and O–H groups in total. The highest BCUT2D eigenvalue weighted by Gasteiger charge is 2.21.